The molecule has 604 valence electrons. The minimum absolute atomic E-state index is 0.00630. The maximum absolute atomic E-state index is 15.7. The smallest absolute Gasteiger partial charge is 0.377 e. The number of likely N-dealkylation sites (N-methyl/N-ethyl adjacent to an activating group) is 5. The van der Waals surface area contributed by atoms with Crippen LogP contribution < -0.4 is 16.0 Å². The molecule has 33 heteroatoms. The Bertz CT molecular complexity index is 3210. The van der Waals surface area contributed by atoms with E-state index >= 15 is 46.3 Å². The van der Waals surface area contributed by atoms with Gasteiger partial charge in [-0.3, -0.25) is 52.7 Å². The number of alkyl halides is 10. The van der Waals surface area contributed by atoms with Crippen molar-refractivity contribution in [3.8, 4) is 0 Å². The molecular weight excluding hydrogens is 1420 g/mol. The number of rotatable bonds is 14. The molecule has 8 aliphatic rings. The normalized spacial score (nSPS) is 33.0. The third kappa shape index (κ3) is 20.6. The van der Waals surface area contributed by atoms with Crippen molar-refractivity contribution < 1.29 is 101 Å². The Morgan fingerprint density at radius 3 is 1.77 bits per heavy atom. The molecular formula is C74H111F10N11O12. The summed E-state index contributed by atoms with van der Waals surface area (Å²) in [4.78, 5) is 175. The van der Waals surface area contributed by atoms with E-state index in [1.165, 1.54) is 49.9 Å². The summed E-state index contributed by atoms with van der Waals surface area (Å²) in [7, 11) is 6.55. The van der Waals surface area contributed by atoms with Crippen LogP contribution in [-0.4, -0.2) is 269 Å². The first-order valence-corrected chi connectivity index (χ1v) is 38.4. The molecule has 11 amide bonds. The minimum atomic E-state index is -5.25. The molecule has 12 atom stereocenters. The second-order valence-electron chi connectivity index (χ2n) is 31.7. The van der Waals surface area contributed by atoms with Gasteiger partial charge in [0.25, 0.3) is 5.92 Å². The molecule has 2 unspecified atom stereocenters. The lowest BCUT2D eigenvalue weighted by Crippen LogP contribution is -2.72. The van der Waals surface area contributed by atoms with Gasteiger partial charge in [-0.2, -0.15) is 26.3 Å². The van der Waals surface area contributed by atoms with E-state index in [1.807, 2.05) is 0 Å². The third-order valence-electron chi connectivity index (χ3n) is 24.2. The zero-order valence-electron chi connectivity index (χ0n) is 63.3. The van der Waals surface area contributed by atoms with Crippen LogP contribution in [-0.2, 0) is 57.5 Å². The Kier molecular flexibility index (Phi) is 28.8. The first-order valence-electron chi connectivity index (χ1n) is 38.4. The molecule has 0 radical (unpaired) electrons. The van der Waals surface area contributed by atoms with Crippen molar-refractivity contribution in [2.45, 2.75) is 273 Å². The summed E-state index contributed by atoms with van der Waals surface area (Å²) in [6, 6.07) is -10.9. The number of nitrogens with zero attached hydrogens (tertiary/aromatic N) is 8. The number of hydrogen-bond donors (Lipinski definition) is 3. The van der Waals surface area contributed by atoms with Crippen molar-refractivity contribution >= 4 is 65.0 Å². The summed E-state index contributed by atoms with van der Waals surface area (Å²) in [5, 5.41) is 7.99. The molecule has 1 spiro atoms. The quantitative estimate of drug-likeness (QED) is 0.112. The molecule has 0 aromatic heterocycles. The number of nitrogens with one attached hydrogen (secondary N) is 3. The SMILES string of the molecule is CCO[C@@H]1C[C@H]2C(=O)NC3(CC(F)(F)C3)C(=O)N(C)[C@@H](C(CC)CC)C(=O)N3CCC[C@@H]3CC(=O)N(C)[C@@H](CC3CC3)C(=O)N[C@@H]([C@@H](C)CC)C(=O)N(C)CC(=O)N(C)[C@H]3C/C=C\CCN(C3=O)[C@@H](CC3CCC(C(F)(F)F)CC3)C(=O)N(C)CC(=O)N[C@@H](CCC3CC(F)C(C(F)(F)F)C(F)C3)C(=O)N2C1. The van der Waals surface area contributed by atoms with Gasteiger partial charge in [0.15, 0.2) is 0 Å². The molecule has 4 aliphatic heterocycles. The highest BCUT2D eigenvalue weighted by Crippen LogP contribution is 2.49. The van der Waals surface area contributed by atoms with Gasteiger partial charge >= 0.3 is 12.4 Å². The van der Waals surface area contributed by atoms with E-state index in [9.17, 15) is 50.3 Å². The Balaban J connectivity index is 1.19. The van der Waals surface area contributed by atoms with Crippen molar-refractivity contribution in [3.05, 3.63) is 12.2 Å². The van der Waals surface area contributed by atoms with Crippen LogP contribution in [0.4, 0.5) is 43.9 Å². The Hall–Kier alpha value is -6.83. The van der Waals surface area contributed by atoms with Gasteiger partial charge in [0.1, 0.15) is 66.1 Å². The topological polar surface area (TPSA) is 259 Å². The van der Waals surface area contributed by atoms with E-state index in [-0.39, 0.29) is 103 Å². The van der Waals surface area contributed by atoms with Crippen LogP contribution in [0, 0.1) is 41.4 Å². The van der Waals surface area contributed by atoms with Crippen molar-refractivity contribution in [3.63, 3.8) is 0 Å². The molecule has 23 nitrogen and oxygen atoms in total. The van der Waals surface area contributed by atoms with Crippen molar-refractivity contribution in [1.29, 1.82) is 0 Å². The van der Waals surface area contributed by atoms with E-state index in [0.717, 1.165) is 37.3 Å². The second-order valence-corrected chi connectivity index (χ2v) is 31.7. The molecule has 2 bridgehead atoms. The fraction of sp³-hybridized carbons (Fsp3) is 0.824. The Morgan fingerprint density at radius 1 is 0.589 bits per heavy atom. The zero-order valence-corrected chi connectivity index (χ0v) is 63.3. The highest BCUT2D eigenvalue weighted by Gasteiger charge is 2.64. The van der Waals surface area contributed by atoms with E-state index < -0.39 is 249 Å². The van der Waals surface area contributed by atoms with Crippen LogP contribution in [0.2, 0.25) is 0 Å². The predicted molar refractivity (Wildman–Crippen MR) is 371 cm³/mol. The number of carbonyl (C=O) groups excluding carboxylic acids is 11. The van der Waals surface area contributed by atoms with Crippen LogP contribution in [0.15, 0.2) is 12.2 Å². The lowest BCUT2D eigenvalue weighted by molar-refractivity contribution is -0.219. The van der Waals surface area contributed by atoms with E-state index in [0.29, 0.717) is 19.3 Å². The van der Waals surface area contributed by atoms with Crippen LogP contribution in [0.3, 0.4) is 0 Å². The van der Waals surface area contributed by atoms with Gasteiger partial charge in [-0.15, -0.1) is 0 Å². The summed E-state index contributed by atoms with van der Waals surface area (Å²) in [6.07, 6.45) is -15.9. The van der Waals surface area contributed by atoms with Crippen molar-refractivity contribution in [2.24, 2.45) is 41.4 Å². The summed E-state index contributed by atoms with van der Waals surface area (Å²) < 4.78 is 152. The van der Waals surface area contributed by atoms with Gasteiger partial charge in [-0.1, -0.05) is 72.0 Å². The van der Waals surface area contributed by atoms with Crippen LogP contribution in [0.5, 0.6) is 0 Å². The number of hydrogen-bond acceptors (Lipinski definition) is 12. The zero-order chi connectivity index (χ0) is 79.1. The fourth-order valence-electron chi connectivity index (χ4n) is 17.4. The molecule has 0 aromatic rings. The lowest BCUT2D eigenvalue weighted by atomic mass is 9.71. The number of fused-ring (bicyclic) bond motifs is 4. The molecule has 4 heterocycles. The molecule has 4 saturated carbocycles. The van der Waals surface area contributed by atoms with Gasteiger partial charge in [-0.05, 0) is 126 Å². The number of amides is 11. The average molecular weight is 1540 g/mol. The Morgan fingerprint density at radius 2 is 1.20 bits per heavy atom. The second kappa shape index (κ2) is 35.9. The summed E-state index contributed by atoms with van der Waals surface area (Å²) in [6.45, 7) is 6.62. The van der Waals surface area contributed by atoms with Gasteiger partial charge < -0.3 is 59.9 Å². The first-order chi connectivity index (χ1) is 50.2. The van der Waals surface area contributed by atoms with Crippen molar-refractivity contribution in [1.82, 2.24) is 55.1 Å². The number of ether oxygens (including phenoxy) is 1. The summed E-state index contributed by atoms with van der Waals surface area (Å²) in [5.41, 5.74) is -2.42. The highest BCUT2D eigenvalue weighted by atomic mass is 19.4. The molecule has 7 fully saturated rings. The monoisotopic (exact) mass is 1540 g/mol. The highest BCUT2D eigenvalue weighted by molar-refractivity contribution is 6.00. The minimum Gasteiger partial charge on any atom is -0.377 e. The molecule has 3 N–H and O–H groups in total. The maximum Gasteiger partial charge on any atom is 0.397 e. The first kappa shape index (κ1) is 85.8. The van der Waals surface area contributed by atoms with Gasteiger partial charge in [0.2, 0.25) is 65.0 Å². The summed E-state index contributed by atoms with van der Waals surface area (Å²) in [5.74, 6) is -20.3. The van der Waals surface area contributed by atoms with Gasteiger partial charge in [0, 0.05) is 93.2 Å². The Labute approximate surface area is 620 Å². The van der Waals surface area contributed by atoms with Crippen LogP contribution in [0.1, 0.15) is 182 Å². The number of carbonyl (C=O) groups is 11. The molecule has 4 aliphatic carbocycles. The third-order valence-corrected chi connectivity index (χ3v) is 24.2. The molecule has 8 rings (SSSR count). The van der Waals surface area contributed by atoms with E-state index in [1.54, 1.807) is 46.8 Å². The lowest BCUT2D eigenvalue weighted by Gasteiger charge is -2.50. The largest absolute Gasteiger partial charge is 0.397 e. The maximum atomic E-state index is 15.7. The molecule has 3 saturated heterocycles. The molecule has 0 aromatic carbocycles. The predicted octanol–water partition coefficient (Wildman–Crippen LogP) is 7.67. The van der Waals surface area contributed by atoms with E-state index in [4.69, 9.17) is 4.74 Å². The van der Waals surface area contributed by atoms with Gasteiger partial charge in [0.05, 0.1) is 25.1 Å². The van der Waals surface area contributed by atoms with Crippen LogP contribution >= 0.6 is 0 Å². The van der Waals surface area contributed by atoms with Crippen LogP contribution in [0.25, 0.3) is 0 Å². The van der Waals surface area contributed by atoms with E-state index in [2.05, 4.69) is 16.0 Å². The average Bonchev–Trinajstić information content (AvgIpc) is 1.49. The fourth-order valence-corrected chi connectivity index (χ4v) is 17.4. The summed E-state index contributed by atoms with van der Waals surface area (Å²) >= 11 is 0. The molecule has 107 heavy (non-hydrogen) atoms. The standard InChI is InChI=1S/C74H111F10N11O12/c1-11-42(5)61-68(104)89(7)39-59(98)90(8)53-20-16-15-17-29-94(67(53)103)56(34-44-23-26-47(27-24-44)73(79,80)81)66(102)88(6)38-57(96)85-52(28-25-45-31-50(75)60(51(76)32-45)74(82,83)84)65(101)95-37-49(107-14-4)36-55(95)64(100)87-71(40-72(77,78)41-71)70(106)92(10)62(46(12-2)13-3)69(105)93-30-18-19-48(93)35-58(97)91(9)54(63(99)86-61)33-43-21-22-43/h15-16,42-56,60-62H,11-14,17-41H2,1-10H3,(H,85,96)(H,86,99)(H,87,100)/b16-15-/t42-,44?,45?,47?,48+,49+,50?,51?,52-,53-,54-,55-,56-,60?,61-,62-/m0/s1. The van der Waals surface area contributed by atoms with Gasteiger partial charge in [-0.25, -0.2) is 17.6 Å². The number of halogens is 10. The van der Waals surface area contributed by atoms with Crippen molar-refractivity contribution in [2.75, 3.05) is 74.6 Å².